The number of benzene rings is 1. The molecule has 150 valence electrons. The number of aromatic nitrogens is 3. The van der Waals surface area contributed by atoms with Gasteiger partial charge in [0.15, 0.2) is 11.5 Å². The van der Waals surface area contributed by atoms with E-state index in [1.54, 1.807) is 30.3 Å². The maximum atomic E-state index is 13.3. The molecule has 30 heavy (non-hydrogen) atoms. The highest BCUT2D eigenvalue weighted by atomic mass is 32.1. The Balaban J connectivity index is 1.39. The van der Waals surface area contributed by atoms with Crippen molar-refractivity contribution < 1.29 is 9.59 Å². The van der Waals surface area contributed by atoms with E-state index < -0.39 is 0 Å². The Hall–Kier alpha value is -3.52. The number of rotatable bonds is 4. The minimum absolute atomic E-state index is 0.0718. The summed E-state index contributed by atoms with van der Waals surface area (Å²) in [5.41, 5.74) is 1.91. The Labute approximate surface area is 177 Å². The number of anilines is 1. The van der Waals surface area contributed by atoms with Crippen LogP contribution in [-0.4, -0.2) is 37.9 Å². The van der Waals surface area contributed by atoms with Crippen LogP contribution in [0.15, 0.2) is 66.2 Å². The van der Waals surface area contributed by atoms with Crippen LogP contribution < -0.4 is 5.32 Å². The Morgan fingerprint density at radius 3 is 2.87 bits per heavy atom. The van der Waals surface area contributed by atoms with E-state index in [0.29, 0.717) is 22.7 Å². The van der Waals surface area contributed by atoms with E-state index in [4.69, 9.17) is 0 Å². The molecule has 0 spiro atoms. The van der Waals surface area contributed by atoms with Gasteiger partial charge >= 0.3 is 0 Å². The zero-order valence-corrected chi connectivity index (χ0v) is 16.9. The predicted molar refractivity (Wildman–Crippen MR) is 115 cm³/mol. The first kappa shape index (κ1) is 18.5. The molecule has 8 heteroatoms. The van der Waals surface area contributed by atoms with Crippen LogP contribution >= 0.6 is 11.3 Å². The van der Waals surface area contributed by atoms with E-state index in [-0.39, 0.29) is 17.9 Å². The number of hydrogen-bond acceptors (Lipinski definition) is 5. The molecule has 1 aromatic carbocycles. The molecular weight excluding hydrogens is 398 g/mol. The van der Waals surface area contributed by atoms with Gasteiger partial charge in [0.25, 0.3) is 11.8 Å². The summed E-state index contributed by atoms with van der Waals surface area (Å²) in [6, 6.07) is 16.3. The van der Waals surface area contributed by atoms with Crippen molar-refractivity contribution in [2.24, 2.45) is 0 Å². The fourth-order valence-corrected chi connectivity index (χ4v) is 4.48. The first-order valence-corrected chi connectivity index (χ1v) is 10.6. The number of amides is 2. The lowest BCUT2D eigenvalue weighted by Crippen LogP contribution is -2.31. The lowest BCUT2D eigenvalue weighted by atomic mass is 10.1. The maximum absolute atomic E-state index is 13.3. The summed E-state index contributed by atoms with van der Waals surface area (Å²) in [7, 11) is 0. The number of carbonyl (C=O) groups is 2. The largest absolute Gasteiger partial charge is 0.328 e. The van der Waals surface area contributed by atoms with E-state index in [1.165, 1.54) is 11.3 Å². The second-order valence-corrected chi connectivity index (χ2v) is 8.10. The van der Waals surface area contributed by atoms with Crippen LogP contribution in [0.3, 0.4) is 0 Å². The van der Waals surface area contributed by atoms with Crippen molar-refractivity contribution in [3.63, 3.8) is 0 Å². The molecule has 1 fully saturated rings. The van der Waals surface area contributed by atoms with Gasteiger partial charge in [-0.15, -0.1) is 21.5 Å². The van der Waals surface area contributed by atoms with Crippen LogP contribution in [0.25, 0.3) is 5.65 Å². The summed E-state index contributed by atoms with van der Waals surface area (Å²) >= 11 is 1.38. The molecule has 1 aliphatic heterocycles. The van der Waals surface area contributed by atoms with Crippen LogP contribution in [0.2, 0.25) is 0 Å². The van der Waals surface area contributed by atoms with Crippen molar-refractivity contribution in [2.75, 3.05) is 11.9 Å². The zero-order valence-electron chi connectivity index (χ0n) is 16.1. The monoisotopic (exact) mass is 417 g/mol. The third-order valence-electron chi connectivity index (χ3n) is 5.26. The van der Waals surface area contributed by atoms with Crippen molar-refractivity contribution in [1.29, 1.82) is 0 Å². The summed E-state index contributed by atoms with van der Waals surface area (Å²) < 4.78 is 1.94. The van der Waals surface area contributed by atoms with Crippen LogP contribution in [-0.2, 0) is 0 Å². The third-order valence-corrected chi connectivity index (χ3v) is 6.13. The number of likely N-dealkylation sites (tertiary alicyclic amines) is 1. The van der Waals surface area contributed by atoms with Crippen LogP contribution in [0.5, 0.6) is 0 Å². The molecule has 1 atom stereocenters. The highest BCUT2D eigenvalue weighted by Crippen LogP contribution is 2.32. The third kappa shape index (κ3) is 3.35. The van der Waals surface area contributed by atoms with Crippen LogP contribution in [0, 0.1) is 0 Å². The Morgan fingerprint density at radius 2 is 2.00 bits per heavy atom. The molecule has 4 aromatic rings. The summed E-state index contributed by atoms with van der Waals surface area (Å²) in [4.78, 5) is 28.1. The molecule has 4 heterocycles. The number of carbonyl (C=O) groups excluding carboxylic acids is 2. The number of hydrogen-bond donors (Lipinski definition) is 1. The topological polar surface area (TPSA) is 79.6 Å². The number of nitrogens with one attached hydrogen (secondary N) is 1. The van der Waals surface area contributed by atoms with Crippen molar-refractivity contribution >= 4 is 34.5 Å². The van der Waals surface area contributed by atoms with E-state index in [1.807, 2.05) is 45.1 Å². The van der Waals surface area contributed by atoms with Crippen LogP contribution in [0.1, 0.15) is 44.7 Å². The first-order chi connectivity index (χ1) is 14.7. The molecule has 1 aliphatic rings. The second-order valence-electron chi connectivity index (χ2n) is 7.16. The molecule has 7 nitrogen and oxygen atoms in total. The van der Waals surface area contributed by atoms with Crippen molar-refractivity contribution in [3.05, 3.63) is 82.4 Å². The molecular formula is C22H19N5O2S. The quantitative estimate of drug-likeness (QED) is 0.544. The number of pyridine rings is 1. The smallest absolute Gasteiger partial charge is 0.265 e. The first-order valence-electron chi connectivity index (χ1n) is 9.76. The summed E-state index contributed by atoms with van der Waals surface area (Å²) in [5.74, 6) is 0.527. The van der Waals surface area contributed by atoms with E-state index in [2.05, 4.69) is 15.5 Å². The zero-order chi connectivity index (χ0) is 20.5. The van der Waals surface area contributed by atoms with Crippen molar-refractivity contribution in [3.8, 4) is 0 Å². The van der Waals surface area contributed by atoms with Gasteiger partial charge in [-0.2, -0.15) is 0 Å². The minimum Gasteiger partial charge on any atom is -0.328 e. The molecule has 1 saturated heterocycles. The van der Waals surface area contributed by atoms with Gasteiger partial charge in [-0.05, 0) is 54.6 Å². The van der Waals surface area contributed by atoms with Gasteiger partial charge in [-0.3, -0.25) is 14.0 Å². The number of nitrogens with zero attached hydrogens (tertiary/aromatic N) is 4. The van der Waals surface area contributed by atoms with E-state index in [9.17, 15) is 9.59 Å². The second kappa shape index (κ2) is 7.72. The van der Waals surface area contributed by atoms with Gasteiger partial charge < -0.3 is 10.2 Å². The fourth-order valence-electron chi connectivity index (χ4n) is 3.86. The lowest BCUT2D eigenvalue weighted by molar-refractivity contribution is 0.0729. The van der Waals surface area contributed by atoms with Crippen molar-refractivity contribution in [1.82, 2.24) is 19.5 Å². The summed E-state index contributed by atoms with van der Waals surface area (Å²) in [5, 5.41) is 13.3. The normalized spacial score (nSPS) is 16.1. The highest BCUT2D eigenvalue weighted by molar-refractivity contribution is 7.12. The lowest BCUT2D eigenvalue weighted by Gasteiger charge is -2.23. The molecule has 3 aromatic heterocycles. The van der Waals surface area contributed by atoms with Gasteiger partial charge in [0.2, 0.25) is 0 Å². The van der Waals surface area contributed by atoms with E-state index >= 15 is 0 Å². The number of thiophene rings is 1. The molecule has 0 saturated carbocycles. The standard InChI is InChI=1S/C22H19N5O2S/c28-21(18-9-5-13-30-18)23-16-7-3-6-15(14-16)22(29)26-12-4-8-17(26)20-25-24-19-10-1-2-11-27(19)20/h1-3,5-7,9-11,13-14,17H,4,8,12H2,(H,23,28). The summed E-state index contributed by atoms with van der Waals surface area (Å²) in [6.45, 7) is 0.664. The molecule has 5 rings (SSSR count). The molecule has 0 radical (unpaired) electrons. The minimum atomic E-state index is -0.177. The Bertz CT molecular complexity index is 1220. The predicted octanol–water partition coefficient (Wildman–Crippen LogP) is 4.02. The summed E-state index contributed by atoms with van der Waals surface area (Å²) in [6.07, 6.45) is 3.68. The highest BCUT2D eigenvalue weighted by Gasteiger charge is 2.33. The van der Waals surface area contributed by atoms with Gasteiger partial charge in [0, 0.05) is 24.0 Å². The van der Waals surface area contributed by atoms with Gasteiger partial charge in [0.1, 0.15) is 0 Å². The van der Waals surface area contributed by atoms with Crippen LogP contribution in [0.4, 0.5) is 5.69 Å². The van der Waals surface area contributed by atoms with Gasteiger partial charge in [0.05, 0.1) is 10.9 Å². The van der Waals surface area contributed by atoms with E-state index in [0.717, 1.165) is 24.3 Å². The molecule has 1 N–H and O–H groups in total. The Morgan fingerprint density at radius 1 is 1.07 bits per heavy atom. The molecule has 0 aliphatic carbocycles. The molecule has 2 amide bonds. The average molecular weight is 417 g/mol. The van der Waals surface area contributed by atoms with Gasteiger partial charge in [-0.25, -0.2) is 0 Å². The SMILES string of the molecule is O=C(Nc1cccc(C(=O)N2CCCC2c2nnc3ccccn23)c1)c1cccs1. The number of fused-ring (bicyclic) bond motifs is 1. The average Bonchev–Trinajstić information content (AvgIpc) is 3.53. The molecule has 1 unspecified atom stereocenters. The maximum Gasteiger partial charge on any atom is 0.265 e. The Kier molecular flexibility index (Phi) is 4.76. The fraction of sp³-hybridized carbons (Fsp3) is 0.182. The van der Waals surface area contributed by atoms with Gasteiger partial charge in [-0.1, -0.05) is 18.2 Å². The van der Waals surface area contributed by atoms with Crippen molar-refractivity contribution in [2.45, 2.75) is 18.9 Å². The molecule has 0 bridgehead atoms.